The molecule has 2 aromatic heterocycles. The van der Waals surface area contributed by atoms with Crippen molar-refractivity contribution in [3.8, 4) is 11.9 Å². The smallest absolute Gasteiger partial charge is 0.222 e. The van der Waals surface area contributed by atoms with E-state index in [0.29, 0.717) is 11.4 Å². The van der Waals surface area contributed by atoms with E-state index < -0.39 is 0 Å². The van der Waals surface area contributed by atoms with Gasteiger partial charge in [-0.05, 0) is 6.07 Å². The molecule has 0 aliphatic rings. The number of nitrogens with one attached hydrogen (secondary N) is 1. The fourth-order valence-corrected chi connectivity index (χ4v) is 1.28. The highest BCUT2D eigenvalue weighted by Gasteiger charge is 2.07. The number of fused-ring (bicyclic) bond motifs is 1. The van der Waals surface area contributed by atoms with Crippen molar-refractivity contribution < 1.29 is 4.74 Å². The standard InChI is InChI=1S/C9H7N3O/c1-13-9-7-2-3-11-8(7)6(4-10)5-12-9/h2-3,5,11H,1H3. The average molecular weight is 173 g/mol. The summed E-state index contributed by atoms with van der Waals surface area (Å²) < 4.78 is 5.04. The first-order valence-electron chi connectivity index (χ1n) is 3.77. The van der Waals surface area contributed by atoms with E-state index in [1.807, 2.05) is 6.07 Å². The molecule has 0 unspecified atom stereocenters. The van der Waals surface area contributed by atoms with Gasteiger partial charge in [0.1, 0.15) is 6.07 Å². The molecule has 0 aliphatic carbocycles. The van der Waals surface area contributed by atoms with Crippen molar-refractivity contribution in [1.82, 2.24) is 9.97 Å². The summed E-state index contributed by atoms with van der Waals surface area (Å²) in [4.78, 5) is 6.97. The molecule has 0 atom stereocenters. The Hall–Kier alpha value is -2.02. The Kier molecular flexibility index (Phi) is 1.64. The van der Waals surface area contributed by atoms with Crippen LogP contribution in [0.5, 0.6) is 5.88 Å². The van der Waals surface area contributed by atoms with E-state index in [1.54, 1.807) is 13.3 Å². The minimum absolute atomic E-state index is 0.529. The molecule has 0 aliphatic heterocycles. The maximum atomic E-state index is 8.77. The molecular formula is C9H7N3O. The molecule has 13 heavy (non-hydrogen) atoms. The average Bonchev–Trinajstić information content (AvgIpc) is 2.64. The van der Waals surface area contributed by atoms with Crippen molar-refractivity contribution in [2.24, 2.45) is 0 Å². The van der Waals surface area contributed by atoms with Crippen LogP contribution in [0, 0.1) is 11.3 Å². The molecule has 64 valence electrons. The number of aromatic nitrogens is 2. The number of rotatable bonds is 1. The van der Waals surface area contributed by atoms with Crippen molar-refractivity contribution in [2.45, 2.75) is 0 Å². The van der Waals surface area contributed by atoms with Gasteiger partial charge in [0.2, 0.25) is 5.88 Å². The normalized spacial score (nSPS) is 9.85. The van der Waals surface area contributed by atoms with Crippen LogP contribution in [0.4, 0.5) is 0 Å². The maximum absolute atomic E-state index is 8.77. The van der Waals surface area contributed by atoms with Gasteiger partial charge in [-0.25, -0.2) is 4.98 Å². The highest BCUT2D eigenvalue weighted by Crippen LogP contribution is 2.23. The van der Waals surface area contributed by atoms with Crippen LogP contribution in [-0.4, -0.2) is 17.1 Å². The quantitative estimate of drug-likeness (QED) is 0.709. The van der Waals surface area contributed by atoms with Gasteiger partial charge in [0, 0.05) is 6.20 Å². The second-order valence-corrected chi connectivity index (χ2v) is 2.56. The predicted molar refractivity (Wildman–Crippen MR) is 47.4 cm³/mol. The molecule has 2 heterocycles. The minimum Gasteiger partial charge on any atom is -0.481 e. The Morgan fingerprint density at radius 3 is 3.15 bits per heavy atom. The van der Waals surface area contributed by atoms with Gasteiger partial charge in [0.25, 0.3) is 0 Å². The molecule has 4 heteroatoms. The van der Waals surface area contributed by atoms with Gasteiger partial charge in [-0.3, -0.25) is 0 Å². The summed E-state index contributed by atoms with van der Waals surface area (Å²) >= 11 is 0. The lowest BCUT2D eigenvalue weighted by atomic mass is 10.2. The van der Waals surface area contributed by atoms with E-state index in [0.717, 1.165) is 10.9 Å². The Bertz CT molecular complexity index is 481. The van der Waals surface area contributed by atoms with Crippen molar-refractivity contribution in [1.29, 1.82) is 5.26 Å². The van der Waals surface area contributed by atoms with Gasteiger partial charge in [0.15, 0.2) is 0 Å². The van der Waals surface area contributed by atoms with E-state index in [-0.39, 0.29) is 0 Å². The number of hydrogen-bond donors (Lipinski definition) is 1. The second kappa shape index (κ2) is 2.79. The van der Waals surface area contributed by atoms with Crippen molar-refractivity contribution in [3.63, 3.8) is 0 Å². The van der Waals surface area contributed by atoms with E-state index >= 15 is 0 Å². The summed E-state index contributed by atoms with van der Waals surface area (Å²) in [5.74, 6) is 0.537. The topological polar surface area (TPSA) is 61.7 Å². The third-order valence-corrected chi connectivity index (χ3v) is 1.87. The summed E-state index contributed by atoms with van der Waals surface area (Å²) in [6.07, 6.45) is 3.26. The fourth-order valence-electron chi connectivity index (χ4n) is 1.28. The van der Waals surface area contributed by atoms with Gasteiger partial charge in [-0.1, -0.05) is 0 Å². The summed E-state index contributed by atoms with van der Waals surface area (Å²) in [6.45, 7) is 0. The van der Waals surface area contributed by atoms with Crippen LogP contribution in [0.25, 0.3) is 10.9 Å². The van der Waals surface area contributed by atoms with Crippen molar-refractivity contribution in [2.75, 3.05) is 7.11 Å². The van der Waals surface area contributed by atoms with Crippen molar-refractivity contribution in [3.05, 3.63) is 24.0 Å². The van der Waals surface area contributed by atoms with E-state index in [2.05, 4.69) is 16.0 Å². The number of nitrogens with zero attached hydrogens (tertiary/aromatic N) is 2. The van der Waals surface area contributed by atoms with Crippen LogP contribution in [0.3, 0.4) is 0 Å². The molecule has 0 saturated heterocycles. The van der Waals surface area contributed by atoms with Crippen LogP contribution < -0.4 is 4.74 Å². The molecule has 0 spiro atoms. The number of aromatic amines is 1. The molecule has 4 nitrogen and oxygen atoms in total. The molecule has 2 aromatic rings. The first kappa shape index (κ1) is 7.62. The lowest BCUT2D eigenvalue weighted by Gasteiger charge is -2.00. The second-order valence-electron chi connectivity index (χ2n) is 2.56. The SMILES string of the molecule is COc1ncc(C#N)c2[nH]ccc12. The molecule has 0 bridgehead atoms. The van der Waals surface area contributed by atoms with Crippen LogP contribution in [0.2, 0.25) is 0 Å². The summed E-state index contributed by atoms with van der Waals surface area (Å²) in [7, 11) is 1.56. The lowest BCUT2D eigenvalue weighted by Crippen LogP contribution is -1.89. The van der Waals surface area contributed by atoms with E-state index in [1.165, 1.54) is 6.20 Å². The molecule has 0 amide bonds. The van der Waals surface area contributed by atoms with Crippen LogP contribution in [0.15, 0.2) is 18.5 Å². The van der Waals surface area contributed by atoms with Gasteiger partial charge < -0.3 is 9.72 Å². The Morgan fingerprint density at radius 1 is 1.62 bits per heavy atom. The van der Waals surface area contributed by atoms with Crippen LogP contribution >= 0.6 is 0 Å². The van der Waals surface area contributed by atoms with Gasteiger partial charge in [-0.15, -0.1) is 0 Å². The van der Waals surface area contributed by atoms with Gasteiger partial charge in [-0.2, -0.15) is 5.26 Å². The van der Waals surface area contributed by atoms with E-state index in [9.17, 15) is 0 Å². The Balaban J connectivity index is 2.83. The number of H-pyrrole nitrogens is 1. The number of pyridine rings is 1. The van der Waals surface area contributed by atoms with Gasteiger partial charge >= 0.3 is 0 Å². The Morgan fingerprint density at radius 2 is 2.46 bits per heavy atom. The maximum Gasteiger partial charge on any atom is 0.222 e. The first-order chi connectivity index (χ1) is 6.36. The molecular weight excluding hydrogens is 166 g/mol. The molecule has 1 N–H and O–H groups in total. The van der Waals surface area contributed by atoms with E-state index in [4.69, 9.17) is 10.00 Å². The van der Waals surface area contributed by atoms with Crippen LogP contribution in [-0.2, 0) is 0 Å². The van der Waals surface area contributed by atoms with Crippen LogP contribution in [0.1, 0.15) is 5.56 Å². The number of nitriles is 1. The first-order valence-corrected chi connectivity index (χ1v) is 3.77. The zero-order chi connectivity index (χ0) is 9.26. The molecule has 0 aromatic carbocycles. The zero-order valence-electron chi connectivity index (χ0n) is 7.03. The highest BCUT2D eigenvalue weighted by atomic mass is 16.5. The highest BCUT2D eigenvalue weighted by molar-refractivity contribution is 5.88. The number of ether oxygens (including phenoxy) is 1. The summed E-state index contributed by atoms with van der Waals surface area (Å²) in [5, 5.41) is 9.60. The van der Waals surface area contributed by atoms with Gasteiger partial charge in [0.05, 0.1) is 29.8 Å². The zero-order valence-corrected chi connectivity index (χ0v) is 7.03. The Labute approximate surface area is 74.8 Å². The lowest BCUT2D eigenvalue weighted by molar-refractivity contribution is 0.403. The third-order valence-electron chi connectivity index (χ3n) is 1.87. The molecule has 0 radical (unpaired) electrons. The third kappa shape index (κ3) is 1.02. The number of hydrogen-bond acceptors (Lipinski definition) is 3. The largest absolute Gasteiger partial charge is 0.481 e. The molecule has 0 saturated carbocycles. The predicted octanol–water partition coefficient (Wildman–Crippen LogP) is 1.44. The molecule has 0 fully saturated rings. The van der Waals surface area contributed by atoms with Crippen molar-refractivity contribution >= 4 is 10.9 Å². The number of methoxy groups -OCH3 is 1. The molecule has 2 rings (SSSR count). The summed E-state index contributed by atoms with van der Waals surface area (Å²) in [5.41, 5.74) is 1.30. The fraction of sp³-hybridized carbons (Fsp3) is 0.111. The monoisotopic (exact) mass is 173 g/mol. The summed E-state index contributed by atoms with van der Waals surface area (Å²) in [6, 6.07) is 3.89. The minimum atomic E-state index is 0.529.